The molecule has 0 aromatic heterocycles. The van der Waals surface area contributed by atoms with Crippen molar-refractivity contribution in [2.75, 3.05) is 30.6 Å². The van der Waals surface area contributed by atoms with E-state index in [-0.39, 0.29) is 0 Å². The Morgan fingerprint density at radius 2 is 1.39 bits per heavy atom. The van der Waals surface area contributed by atoms with E-state index in [1.807, 2.05) is 7.05 Å². The first kappa shape index (κ1) is 12.8. The maximum atomic E-state index is 3.13. The van der Waals surface area contributed by atoms with Gasteiger partial charge in [-0.3, -0.25) is 0 Å². The van der Waals surface area contributed by atoms with Gasteiger partial charge in [0.25, 0.3) is 0 Å². The van der Waals surface area contributed by atoms with E-state index in [1.54, 1.807) is 11.8 Å². The third kappa shape index (κ3) is 2.79. The number of anilines is 3. The Morgan fingerprint density at radius 1 is 0.889 bits per heavy atom. The summed E-state index contributed by atoms with van der Waals surface area (Å²) in [4.78, 5) is 3.47. The SMILES string of the molecule is CNc1ccc(N(C)c2ccc(SC)cc2)cc1. The van der Waals surface area contributed by atoms with Gasteiger partial charge in [-0.1, -0.05) is 0 Å². The zero-order chi connectivity index (χ0) is 13.0. The lowest BCUT2D eigenvalue weighted by Crippen LogP contribution is -2.09. The van der Waals surface area contributed by atoms with Crippen molar-refractivity contribution in [3.05, 3.63) is 48.5 Å². The number of hydrogen-bond donors (Lipinski definition) is 1. The Labute approximate surface area is 113 Å². The molecule has 0 heterocycles. The van der Waals surface area contributed by atoms with Crippen LogP contribution in [-0.2, 0) is 0 Å². The highest BCUT2D eigenvalue weighted by Crippen LogP contribution is 2.26. The van der Waals surface area contributed by atoms with Crippen LogP contribution >= 0.6 is 11.8 Å². The molecule has 0 unspecified atom stereocenters. The molecule has 0 radical (unpaired) electrons. The lowest BCUT2D eigenvalue weighted by atomic mass is 10.2. The minimum absolute atomic E-state index is 1.13. The number of nitrogens with one attached hydrogen (secondary N) is 1. The first-order chi connectivity index (χ1) is 8.74. The molecule has 0 spiro atoms. The Morgan fingerprint density at radius 3 is 1.83 bits per heavy atom. The fourth-order valence-electron chi connectivity index (χ4n) is 1.81. The molecule has 0 saturated carbocycles. The first-order valence-corrected chi connectivity index (χ1v) is 7.12. The molecule has 0 aliphatic carbocycles. The molecule has 3 heteroatoms. The minimum atomic E-state index is 1.13. The van der Waals surface area contributed by atoms with E-state index in [0.29, 0.717) is 0 Å². The van der Waals surface area contributed by atoms with Crippen molar-refractivity contribution < 1.29 is 0 Å². The van der Waals surface area contributed by atoms with Crippen LogP contribution in [0.2, 0.25) is 0 Å². The number of hydrogen-bond acceptors (Lipinski definition) is 3. The minimum Gasteiger partial charge on any atom is -0.388 e. The largest absolute Gasteiger partial charge is 0.388 e. The summed E-state index contributed by atoms with van der Waals surface area (Å²) < 4.78 is 0. The number of rotatable bonds is 4. The van der Waals surface area contributed by atoms with Gasteiger partial charge in [-0.15, -0.1) is 11.8 Å². The highest BCUT2D eigenvalue weighted by Gasteiger charge is 2.03. The highest BCUT2D eigenvalue weighted by molar-refractivity contribution is 7.98. The van der Waals surface area contributed by atoms with Gasteiger partial charge in [-0.25, -0.2) is 0 Å². The van der Waals surface area contributed by atoms with Gasteiger partial charge >= 0.3 is 0 Å². The zero-order valence-corrected chi connectivity index (χ0v) is 11.8. The maximum Gasteiger partial charge on any atom is 0.0409 e. The predicted octanol–water partition coefficient (Wildman–Crippen LogP) is 4.22. The summed E-state index contributed by atoms with van der Waals surface area (Å²) >= 11 is 1.76. The number of benzene rings is 2. The van der Waals surface area contributed by atoms with Gasteiger partial charge in [-0.05, 0) is 54.8 Å². The maximum absolute atomic E-state index is 3.13. The third-order valence-electron chi connectivity index (χ3n) is 3.00. The Kier molecular flexibility index (Phi) is 4.15. The molecule has 0 fully saturated rings. The standard InChI is InChI=1S/C15H18N2S/c1-16-12-4-6-13(7-5-12)17(2)14-8-10-15(18-3)11-9-14/h4-11,16H,1-3H3. The molecule has 2 aromatic carbocycles. The normalized spacial score (nSPS) is 10.2. The van der Waals surface area contributed by atoms with Crippen LogP contribution in [0.5, 0.6) is 0 Å². The van der Waals surface area contributed by atoms with Crippen LogP contribution in [0.1, 0.15) is 0 Å². The van der Waals surface area contributed by atoms with Crippen molar-refractivity contribution in [3.8, 4) is 0 Å². The van der Waals surface area contributed by atoms with E-state index in [0.717, 1.165) is 5.69 Å². The summed E-state index contributed by atoms with van der Waals surface area (Å²) in [7, 11) is 4.02. The Hall–Kier alpha value is -1.61. The molecule has 0 saturated heterocycles. The average Bonchev–Trinajstić information content (AvgIpc) is 2.47. The van der Waals surface area contributed by atoms with Gasteiger partial charge in [-0.2, -0.15) is 0 Å². The van der Waals surface area contributed by atoms with Crippen LogP contribution < -0.4 is 10.2 Å². The van der Waals surface area contributed by atoms with E-state index in [4.69, 9.17) is 0 Å². The summed E-state index contributed by atoms with van der Waals surface area (Å²) in [5.74, 6) is 0. The molecule has 0 atom stereocenters. The molecule has 18 heavy (non-hydrogen) atoms. The molecule has 0 aliphatic heterocycles. The van der Waals surface area contributed by atoms with Gasteiger partial charge in [0.1, 0.15) is 0 Å². The average molecular weight is 258 g/mol. The zero-order valence-electron chi connectivity index (χ0n) is 11.0. The summed E-state index contributed by atoms with van der Waals surface area (Å²) in [5.41, 5.74) is 3.51. The van der Waals surface area contributed by atoms with Gasteiger partial charge < -0.3 is 10.2 Å². The smallest absolute Gasteiger partial charge is 0.0409 e. The topological polar surface area (TPSA) is 15.3 Å². The van der Waals surface area contributed by atoms with Crippen LogP contribution in [0.3, 0.4) is 0 Å². The molecule has 1 N–H and O–H groups in total. The molecule has 2 nitrogen and oxygen atoms in total. The fourth-order valence-corrected chi connectivity index (χ4v) is 2.21. The Balaban J connectivity index is 2.20. The van der Waals surface area contributed by atoms with E-state index >= 15 is 0 Å². The van der Waals surface area contributed by atoms with Crippen LogP contribution in [-0.4, -0.2) is 20.4 Å². The third-order valence-corrected chi connectivity index (χ3v) is 3.75. The van der Waals surface area contributed by atoms with Crippen molar-refractivity contribution in [3.63, 3.8) is 0 Å². The second kappa shape index (κ2) is 5.83. The summed E-state index contributed by atoms with van der Waals surface area (Å²) in [5, 5.41) is 3.13. The second-order valence-electron chi connectivity index (χ2n) is 4.05. The monoisotopic (exact) mass is 258 g/mol. The molecule has 0 amide bonds. The molecule has 94 valence electrons. The van der Waals surface area contributed by atoms with Crippen LogP contribution in [0.4, 0.5) is 17.1 Å². The van der Waals surface area contributed by atoms with Crippen molar-refractivity contribution in [2.24, 2.45) is 0 Å². The van der Waals surface area contributed by atoms with Gasteiger partial charge in [0.15, 0.2) is 0 Å². The molecule has 2 rings (SSSR count). The molecule has 0 bridgehead atoms. The highest BCUT2D eigenvalue weighted by atomic mass is 32.2. The second-order valence-corrected chi connectivity index (χ2v) is 4.93. The fraction of sp³-hybridized carbons (Fsp3) is 0.200. The summed E-state index contributed by atoms with van der Waals surface area (Å²) in [6.07, 6.45) is 2.09. The van der Waals surface area contributed by atoms with Gasteiger partial charge in [0.05, 0.1) is 0 Å². The predicted molar refractivity (Wildman–Crippen MR) is 82.3 cm³/mol. The molecule has 0 aliphatic rings. The lowest BCUT2D eigenvalue weighted by Gasteiger charge is -2.20. The number of nitrogens with zero attached hydrogens (tertiary/aromatic N) is 1. The van der Waals surface area contributed by atoms with E-state index < -0.39 is 0 Å². The van der Waals surface area contributed by atoms with Crippen molar-refractivity contribution >= 4 is 28.8 Å². The quantitative estimate of drug-likeness (QED) is 0.827. The molecule has 2 aromatic rings. The summed E-state index contributed by atoms with van der Waals surface area (Å²) in [6, 6.07) is 17.0. The summed E-state index contributed by atoms with van der Waals surface area (Å²) in [6.45, 7) is 0. The Bertz CT molecular complexity index is 443. The lowest BCUT2D eigenvalue weighted by molar-refractivity contribution is 1.20. The van der Waals surface area contributed by atoms with E-state index in [1.165, 1.54) is 16.3 Å². The van der Waals surface area contributed by atoms with Crippen LogP contribution in [0.25, 0.3) is 0 Å². The molecular formula is C15H18N2S. The number of thioether (sulfide) groups is 1. The van der Waals surface area contributed by atoms with E-state index in [9.17, 15) is 0 Å². The van der Waals surface area contributed by atoms with Crippen molar-refractivity contribution in [2.45, 2.75) is 4.90 Å². The first-order valence-electron chi connectivity index (χ1n) is 5.90. The molecular weight excluding hydrogens is 240 g/mol. The van der Waals surface area contributed by atoms with Gasteiger partial charge in [0, 0.05) is 36.1 Å². The van der Waals surface area contributed by atoms with Crippen LogP contribution in [0, 0.1) is 0 Å². The van der Waals surface area contributed by atoms with Crippen molar-refractivity contribution in [1.29, 1.82) is 0 Å². The van der Waals surface area contributed by atoms with E-state index in [2.05, 4.69) is 72.1 Å². The van der Waals surface area contributed by atoms with Crippen LogP contribution in [0.15, 0.2) is 53.4 Å². The van der Waals surface area contributed by atoms with Crippen molar-refractivity contribution in [1.82, 2.24) is 0 Å². The van der Waals surface area contributed by atoms with Gasteiger partial charge in [0.2, 0.25) is 0 Å².